The fourth-order valence-electron chi connectivity index (χ4n) is 4.96. The Morgan fingerprint density at radius 2 is 1.51 bits per heavy atom. The molecule has 4 atom stereocenters. The van der Waals surface area contributed by atoms with E-state index in [4.69, 9.17) is 10.5 Å². The lowest BCUT2D eigenvalue weighted by Crippen LogP contribution is -2.56. The maximum Gasteiger partial charge on any atom is 0.329 e. The van der Waals surface area contributed by atoms with Crippen LogP contribution in [0.5, 0.6) is 0 Å². The van der Waals surface area contributed by atoms with Crippen LogP contribution < -0.4 is 27.4 Å². The number of hydrogen-bond donors (Lipinski definition) is 5. The lowest BCUT2D eigenvalue weighted by molar-refractivity contribution is -0.368. The number of quaternary nitrogens is 1. The number of ether oxygens (including phenoxy) is 1. The molecule has 0 aliphatic carbocycles. The van der Waals surface area contributed by atoms with E-state index in [-0.39, 0.29) is 43.8 Å². The normalized spacial score (nSPS) is 13.5. The van der Waals surface area contributed by atoms with Crippen LogP contribution in [0.1, 0.15) is 90.5 Å². The van der Waals surface area contributed by atoms with Crippen molar-refractivity contribution in [3.63, 3.8) is 0 Å². The monoisotopic (exact) mass is 660 g/mol. The number of amides is 4. The Morgan fingerprint density at radius 1 is 0.872 bits per heavy atom. The van der Waals surface area contributed by atoms with Gasteiger partial charge in [-0.25, -0.2) is 4.79 Å². The zero-order valence-corrected chi connectivity index (χ0v) is 28.1. The molecule has 0 aliphatic heterocycles. The maximum absolute atomic E-state index is 13.5. The largest absolute Gasteiger partial charge is 0.456 e. The van der Waals surface area contributed by atoms with E-state index in [0.717, 1.165) is 31.4 Å². The van der Waals surface area contributed by atoms with Crippen molar-refractivity contribution in [2.75, 3.05) is 13.2 Å². The van der Waals surface area contributed by atoms with Crippen LogP contribution in [-0.2, 0) is 44.7 Å². The van der Waals surface area contributed by atoms with Crippen LogP contribution in [0.25, 0.3) is 0 Å². The SMILES string of the molecule is CCCC[C@H](NC=O)C(=O)N[C@@H](CC(C)C)C(=O)N[C@@H](Cc1ccccc1)C(=O)OCC(=O)CCC(=O)CC(CCCC[NH3+])C(N)=O. The van der Waals surface area contributed by atoms with Crippen LogP contribution in [0.2, 0.25) is 0 Å². The predicted octanol–water partition coefficient (Wildman–Crippen LogP) is 0.915. The van der Waals surface area contributed by atoms with Gasteiger partial charge in [0, 0.05) is 31.6 Å². The van der Waals surface area contributed by atoms with Crippen molar-refractivity contribution in [1.29, 1.82) is 0 Å². The minimum absolute atomic E-state index is 0.00548. The number of nitrogens with two attached hydrogens (primary N) is 1. The van der Waals surface area contributed by atoms with Gasteiger partial charge in [-0.2, -0.15) is 0 Å². The average molecular weight is 661 g/mol. The first-order valence-electron chi connectivity index (χ1n) is 16.5. The fraction of sp³-hybridized carbons (Fsp3) is 0.618. The molecule has 0 fully saturated rings. The Balaban J connectivity index is 2.91. The molecule has 47 heavy (non-hydrogen) atoms. The molecule has 0 radical (unpaired) electrons. The summed E-state index contributed by atoms with van der Waals surface area (Å²) in [5.74, 6) is -3.89. The topological polar surface area (TPSA) is 218 Å². The van der Waals surface area contributed by atoms with Crippen molar-refractivity contribution < 1.29 is 44.0 Å². The first-order chi connectivity index (χ1) is 22.4. The minimum atomic E-state index is -1.18. The Morgan fingerprint density at radius 3 is 2.11 bits per heavy atom. The third-order valence-electron chi connectivity index (χ3n) is 7.64. The number of Topliss-reactive ketones (excluding diaryl/α,β-unsaturated/α-hetero) is 2. The molecule has 0 heterocycles. The molecule has 0 bridgehead atoms. The summed E-state index contributed by atoms with van der Waals surface area (Å²) in [7, 11) is 0. The molecule has 0 spiro atoms. The smallest absolute Gasteiger partial charge is 0.329 e. The van der Waals surface area contributed by atoms with Gasteiger partial charge >= 0.3 is 5.97 Å². The van der Waals surface area contributed by atoms with Crippen molar-refractivity contribution in [3.05, 3.63) is 35.9 Å². The molecule has 1 rings (SSSR count). The number of primary amides is 1. The van der Waals surface area contributed by atoms with Crippen LogP contribution in [0.3, 0.4) is 0 Å². The van der Waals surface area contributed by atoms with Crippen molar-refractivity contribution in [1.82, 2.24) is 16.0 Å². The van der Waals surface area contributed by atoms with Gasteiger partial charge in [-0.3, -0.25) is 28.8 Å². The minimum Gasteiger partial charge on any atom is -0.456 e. The summed E-state index contributed by atoms with van der Waals surface area (Å²) in [6.07, 6.45) is 4.38. The highest BCUT2D eigenvalue weighted by molar-refractivity contribution is 5.93. The Kier molecular flexibility index (Phi) is 20.2. The highest BCUT2D eigenvalue weighted by atomic mass is 16.5. The molecule has 8 N–H and O–H groups in total. The number of hydrogen-bond acceptors (Lipinski definition) is 8. The Bertz CT molecular complexity index is 1160. The molecule has 13 nitrogen and oxygen atoms in total. The highest BCUT2D eigenvalue weighted by Gasteiger charge is 2.30. The standard InChI is InChI=1S/C34H53N5O8/c1-4-5-14-28(37-22-40)32(44)38-29(18-23(2)3)33(45)39-30(19-24-11-7-6-8-12-24)34(46)47-21-27(42)16-15-26(41)20-25(31(36)43)13-9-10-17-35/h6-8,11-12,22-23,25,28-30H,4-5,9-10,13-21,35H2,1-3H3,(H2,36,43)(H,37,40)(H,38,44)(H,39,45)/p+1/t25?,28-,29-,30-/m0/s1. The van der Waals surface area contributed by atoms with E-state index in [1.54, 1.807) is 30.3 Å². The summed E-state index contributed by atoms with van der Waals surface area (Å²) in [4.78, 5) is 87.5. The van der Waals surface area contributed by atoms with Crippen molar-refractivity contribution >= 4 is 41.7 Å². The number of nitrogens with one attached hydrogen (secondary N) is 3. The Labute approximate surface area is 277 Å². The zero-order valence-electron chi connectivity index (χ0n) is 28.1. The quantitative estimate of drug-likeness (QED) is 0.0545. The van der Waals surface area contributed by atoms with E-state index in [2.05, 4.69) is 21.7 Å². The number of ketones is 2. The number of carbonyl (C=O) groups excluding carboxylic acids is 7. The third kappa shape index (κ3) is 17.4. The first kappa shape index (κ1) is 40.9. The van der Waals surface area contributed by atoms with E-state index < -0.39 is 60.1 Å². The van der Waals surface area contributed by atoms with Gasteiger partial charge in [0.05, 0.1) is 6.54 Å². The van der Waals surface area contributed by atoms with Gasteiger partial charge in [0.1, 0.15) is 30.5 Å². The van der Waals surface area contributed by atoms with E-state index >= 15 is 0 Å². The molecule has 1 aromatic rings. The summed E-state index contributed by atoms with van der Waals surface area (Å²) in [6.45, 7) is 5.85. The van der Waals surface area contributed by atoms with E-state index in [0.29, 0.717) is 25.7 Å². The lowest BCUT2D eigenvalue weighted by atomic mass is 9.93. The predicted molar refractivity (Wildman–Crippen MR) is 175 cm³/mol. The van der Waals surface area contributed by atoms with Crippen LogP contribution in [0.15, 0.2) is 30.3 Å². The average Bonchev–Trinajstić information content (AvgIpc) is 3.03. The second kappa shape index (κ2) is 23.2. The van der Waals surface area contributed by atoms with Crippen LogP contribution in [0, 0.1) is 11.8 Å². The molecule has 0 aromatic heterocycles. The van der Waals surface area contributed by atoms with Gasteiger partial charge in [0.15, 0.2) is 5.78 Å². The zero-order chi connectivity index (χ0) is 35.2. The van der Waals surface area contributed by atoms with E-state index in [1.807, 2.05) is 20.8 Å². The highest BCUT2D eigenvalue weighted by Crippen LogP contribution is 2.15. The van der Waals surface area contributed by atoms with Crippen molar-refractivity contribution in [3.8, 4) is 0 Å². The van der Waals surface area contributed by atoms with Gasteiger partial charge < -0.3 is 32.2 Å². The van der Waals surface area contributed by atoms with E-state index in [1.165, 1.54) is 0 Å². The van der Waals surface area contributed by atoms with Gasteiger partial charge in [-0.1, -0.05) is 63.9 Å². The molecular weight excluding hydrogens is 606 g/mol. The van der Waals surface area contributed by atoms with E-state index in [9.17, 15) is 33.6 Å². The molecule has 0 saturated heterocycles. The number of esters is 1. The van der Waals surface area contributed by atoms with Gasteiger partial charge in [0.2, 0.25) is 24.1 Å². The molecule has 262 valence electrons. The second-order valence-corrected chi connectivity index (χ2v) is 12.3. The summed E-state index contributed by atoms with van der Waals surface area (Å²) >= 11 is 0. The summed E-state index contributed by atoms with van der Waals surface area (Å²) in [5.41, 5.74) is 9.92. The summed E-state index contributed by atoms with van der Waals surface area (Å²) < 4.78 is 5.28. The molecule has 4 amide bonds. The van der Waals surface area contributed by atoms with Gasteiger partial charge in [0.25, 0.3) is 0 Å². The number of carbonyl (C=O) groups is 7. The van der Waals surface area contributed by atoms with Crippen LogP contribution >= 0.6 is 0 Å². The van der Waals surface area contributed by atoms with Crippen molar-refractivity contribution in [2.45, 2.75) is 110 Å². The van der Waals surface area contributed by atoms with Crippen molar-refractivity contribution in [2.24, 2.45) is 17.6 Å². The third-order valence-corrected chi connectivity index (χ3v) is 7.64. The number of benzene rings is 1. The molecule has 0 aliphatic rings. The summed E-state index contributed by atoms with van der Waals surface area (Å²) in [6, 6.07) is 5.94. The maximum atomic E-state index is 13.5. The molecule has 0 saturated carbocycles. The van der Waals surface area contributed by atoms with Gasteiger partial charge in [-0.15, -0.1) is 0 Å². The Hall–Kier alpha value is -4.13. The second-order valence-electron chi connectivity index (χ2n) is 12.3. The number of unbranched alkanes of at least 4 members (excludes halogenated alkanes) is 2. The molecule has 1 aromatic carbocycles. The number of rotatable bonds is 26. The fourth-order valence-corrected chi connectivity index (χ4v) is 4.96. The summed E-state index contributed by atoms with van der Waals surface area (Å²) in [5, 5.41) is 7.91. The first-order valence-corrected chi connectivity index (χ1v) is 16.5. The molecule has 13 heteroatoms. The molecule has 1 unspecified atom stereocenters. The van der Waals surface area contributed by atoms with Gasteiger partial charge in [-0.05, 0) is 43.6 Å². The van der Waals surface area contributed by atoms with Crippen LogP contribution in [0.4, 0.5) is 0 Å². The lowest BCUT2D eigenvalue weighted by Gasteiger charge is -2.25. The molecular formula is C34H54N5O8+. The van der Waals surface area contributed by atoms with Crippen LogP contribution in [-0.4, -0.2) is 72.9 Å².